The number of nitrogens with one attached hydrogen (secondary N) is 3. The molecule has 0 saturated heterocycles. The lowest BCUT2D eigenvalue weighted by molar-refractivity contribution is 0.481. The minimum Gasteiger partial charge on any atom is -0.381 e. The predicted molar refractivity (Wildman–Crippen MR) is 273 cm³/mol. The Bertz CT molecular complexity index is 3960. The van der Waals surface area contributed by atoms with Gasteiger partial charge in [0.05, 0.1) is 16.3 Å². The minimum atomic E-state index is -5.00. The Kier molecular flexibility index (Phi) is 14.5. The smallest absolute Gasteiger partial charge is 0.296 e. The number of anilines is 5. The molecule has 2 aromatic heterocycles. The Labute approximate surface area is 425 Å². The third kappa shape index (κ3) is 11.3. The summed E-state index contributed by atoms with van der Waals surface area (Å²) >= 11 is 13.0. The van der Waals surface area contributed by atoms with Gasteiger partial charge >= 0.3 is 0 Å². The van der Waals surface area contributed by atoms with Gasteiger partial charge in [0.2, 0.25) is 0 Å². The minimum absolute atomic E-state index is 0.0150. The van der Waals surface area contributed by atoms with E-state index >= 15 is 0 Å². The third-order valence-corrected chi connectivity index (χ3v) is 14.9. The summed E-state index contributed by atoms with van der Waals surface area (Å²) in [6, 6.07) is 36.6. The first kappa shape index (κ1) is 50.7. The fourth-order valence-corrected chi connectivity index (χ4v) is 10.7. The van der Waals surface area contributed by atoms with Gasteiger partial charge in [0.25, 0.3) is 30.4 Å². The molecule has 72 heavy (non-hydrogen) atoms. The highest BCUT2D eigenvalue weighted by Crippen LogP contribution is 2.49. The molecule has 0 aliphatic rings. The zero-order valence-electron chi connectivity index (χ0n) is 36.6. The zero-order chi connectivity index (χ0) is 51.5. The van der Waals surface area contributed by atoms with Gasteiger partial charge in [-0.3, -0.25) is 13.7 Å². The van der Waals surface area contributed by atoms with Crippen molar-refractivity contribution in [2.75, 3.05) is 16.0 Å². The molecule has 25 heteroatoms. The number of fused-ring (bicyclic) bond motifs is 1. The number of nitrogens with zero attached hydrogens (tertiary/aromatic N) is 7. The van der Waals surface area contributed by atoms with Crippen LogP contribution >= 0.6 is 34.5 Å². The van der Waals surface area contributed by atoms with Gasteiger partial charge in [-0.25, -0.2) is 4.98 Å². The quantitative estimate of drug-likeness (QED) is 0.0411. The van der Waals surface area contributed by atoms with E-state index in [1.54, 1.807) is 55.5 Å². The van der Waals surface area contributed by atoms with Gasteiger partial charge in [-0.2, -0.15) is 35.8 Å². The molecular formula is C47H32Cl2N10O9S4. The molecular weight excluding hydrogens is 1050 g/mol. The molecule has 0 atom stereocenters. The molecule has 2 heterocycles. The van der Waals surface area contributed by atoms with E-state index in [4.69, 9.17) is 23.2 Å². The molecule has 0 aliphatic carbocycles. The number of azo groups is 2. The van der Waals surface area contributed by atoms with E-state index in [1.165, 1.54) is 24.3 Å². The van der Waals surface area contributed by atoms with E-state index < -0.39 is 45.0 Å². The van der Waals surface area contributed by atoms with E-state index in [1.807, 2.05) is 30.3 Å². The summed E-state index contributed by atoms with van der Waals surface area (Å²) in [5, 5.41) is 47.9. The Morgan fingerprint density at radius 2 is 1.24 bits per heavy atom. The second-order valence-corrected chi connectivity index (χ2v) is 21.3. The highest BCUT2D eigenvalue weighted by molar-refractivity contribution is 7.86. The van der Waals surface area contributed by atoms with Crippen molar-refractivity contribution in [2.24, 2.45) is 20.5 Å². The molecule has 0 spiro atoms. The van der Waals surface area contributed by atoms with Crippen LogP contribution in [0, 0.1) is 29.6 Å². The van der Waals surface area contributed by atoms with E-state index in [2.05, 4.69) is 53.5 Å². The van der Waals surface area contributed by atoms with Crippen LogP contribution in [0.2, 0.25) is 10.0 Å². The number of nitriles is 2. The van der Waals surface area contributed by atoms with Crippen molar-refractivity contribution in [3.63, 3.8) is 0 Å². The maximum absolute atomic E-state index is 12.6. The summed E-state index contributed by atoms with van der Waals surface area (Å²) in [5.41, 5.74) is 2.84. The van der Waals surface area contributed by atoms with Crippen molar-refractivity contribution < 1.29 is 38.9 Å². The van der Waals surface area contributed by atoms with Crippen molar-refractivity contribution >= 4 is 126 Å². The number of rotatable bonds is 15. The maximum atomic E-state index is 12.6. The van der Waals surface area contributed by atoms with Gasteiger partial charge in [-0.15, -0.1) is 20.5 Å². The summed E-state index contributed by atoms with van der Waals surface area (Å²) in [6.07, 6.45) is 0. The van der Waals surface area contributed by atoms with Crippen LogP contribution in [0.3, 0.4) is 0 Å². The predicted octanol–water partition coefficient (Wildman–Crippen LogP) is 13.0. The number of halogens is 2. The molecule has 0 amide bonds. The average Bonchev–Trinajstić information content (AvgIpc) is 3.70. The summed E-state index contributed by atoms with van der Waals surface area (Å²) in [7, 11) is -14.7. The summed E-state index contributed by atoms with van der Waals surface area (Å²) in [4.78, 5) is 2.65. The highest BCUT2D eigenvalue weighted by Gasteiger charge is 2.25. The number of thiophene rings is 1. The number of hydrogen-bond acceptors (Lipinski definition) is 17. The van der Waals surface area contributed by atoms with Gasteiger partial charge in [0, 0.05) is 50.5 Å². The highest BCUT2D eigenvalue weighted by atomic mass is 35.5. The van der Waals surface area contributed by atoms with Crippen LogP contribution < -0.4 is 16.0 Å². The van der Waals surface area contributed by atoms with Crippen molar-refractivity contribution in [1.29, 1.82) is 10.5 Å². The van der Waals surface area contributed by atoms with Crippen LogP contribution in [0.4, 0.5) is 50.1 Å². The van der Waals surface area contributed by atoms with E-state index in [0.717, 1.165) is 46.9 Å². The number of hydrogen-bond donors (Lipinski definition) is 6. The van der Waals surface area contributed by atoms with E-state index in [-0.39, 0.29) is 76.7 Å². The van der Waals surface area contributed by atoms with Crippen molar-refractivity contribution in [3.8, 4) is 23.3 Å². The first-order valence-electron chi connectivity index (χ1n) is 20.5. The molecule has 0 fully saturated rings. The lowest BCUT2D eigenvalue weighted by Gasteiger charge is -2.16. The fourth-order valence-electron chi connectivity index (χ4n) is 7.20. The normalized spacial score (nSPS) is 12.0. The molecule has 6 N–H and O–H groups in total. The lowest BCUT2D eigenvalue weighted by Crippen LogP contribution is -2.05. The van der Waals surface area contributed by atoms with Gasteiger partial charge in [-0.05, 0) is 90.8 Å². The number of aromatic nitrogens is 1. The largest absolute Gasteiger partial charge is 0.381 e. The Hall–Kier alpha value is -7.68. The molecule has 0 radical (unpaired) electrons. The van der Waals surface area contributed by atoms with Crippen LogP contribution in [0.15, 0.2) is 163 Å². The van der Waals surface area contributed by atoms with E-state index in [9.17, 15) is 49.4 Å². The van der Waals surface area contributed by atoms with E-state index in [0.29, 0.717) is 22.8 Å². The average molecular weight is 1080 g/mol. The topological polar surface area (TPSA) is 309 Å². The summed E-state index contributed by atoms with van der Waals surface area (Å²) in [5.74, 6) is -0.0443. The first-order chi connectivity index (χ1) is 34.2. The second kappa shape index (κ2) is 20.6. The van der Waals surface area contributed by atoms with Crippen LogP contribution in [0.1, 0.15) is 22.3 Å². The fraction of sp³-hybridized carbons (Fsp3) is 0.0426. The van der Waals surface area contributed by atoms with Gasteiger partial charge in [0.15, 0.2) is 16.6 Å². The third-order valence-electron chi connectivity index (χ3n) is 10.6. The summed E-state index contributed by atoms with van der Waals surface area (Å²) in [6.45, 7) is 2.06. The van der Waals surface area contributed by atoms with Crippen LogP contribution in [0.25, 0.3) is 21.9 Å². The van der Waals surface area contributed by atoms with Crippen LogP contribution in [0.5, 0.6) is 0 Å². The van der Waals surface area contributed by atoms with Crippen molar-refractivity contribution in [2.45, 2.75) is 28.2 Å². The first-order valence-corrected chi connectivity index (χ1v) is 26.4. The lowest BCUT2D eigenvalue weighted by atomic mass is 10.0. The molecule has 362 valence electrons. The zero-order valence-corrected chi connectivity index (χ0v) is 41.4. The molecule has 0 bridgehead atoms. The molecule has 8 rings (SSSR count). The second-order valence-electron chi connectivity index (χ2n) is 15.3. The Balaban J connectivity index is 1.27. The van der Waals surface area contributed by atoms with Crippen molar-refractivity contribution in [1.82, 2.24) is 4.98 Å². The Morgan fingerprint density at radius 3 is 1.89 bits per heavy atom. The Morgan fingerprint density at radius 1 is 0.611 bits per heavy atom. The molecule has 0 saturated carbocycles. The SMILES string of the molecule is Cc1c(C#N)c(Nc2ccc(Cl)c(S(=O)(=O)O)c2)nc(Nc2ccc(Cl)cc2)c1N=Nc1sc(/N=N/c2cc(S(=O)(=O)O)c3cccc(S(=O)(=O)O)c3c2)c(-c2ccc(NCc3ccccc3)cc2)c1C#N. The molecule has 0 unspecified atom stereocenters. The molecule has 8 aromatic rings. The molecule has 19 nitrogen and oxygen atoms in total. The van der Waals surface area contributed by atoms with Gasteiger partial charge in [0.1, 0.15) is 43.1 Å². The van der Waals surface area contributed by atoms with Gasteiger partial charge in [-0.1, -0.05) is 89.1 Å². The number of pyridine rings is 1. The monoisotopic (exact) mass is 1080 g/mol. The summed E-state index contributed by atoms with van der Waals surface area (Å²) < 4.78 is 104. The van der Waals surface area contributed by atoms with Gasteiger partial charge < -0.3 is 16.0 Å². The standard InChI is InChI=1S/C47H32Cl2N10O9S4/c1-26-36(23-50)44(54-32-18-19-38(49)41(21-32)72(66,67)68)55-45(53-31-16-12-29(48)13-17-31)43(26)57-58-46-37(24-51)42(28-10-14-30(15-11-28)52-25-27-6-3-2-4-7-27)47(69-46)59-56-33-20-35-34(40(22-33)71(63,64)65)8-5-9-39(35)70(60,61)62/h2-22,52H,25H2,1H3,(H2,53,54,55)(H,60,61,62)(H,63,64,65)(H,66,67,68)/b58-57?,59-56+. The van der Waals surface area contributed by atoms with Crippen LogP contribution in [-0.4, -0.2) is 43.9 Å². The van der Waals surface area contributed by atoms with Crippen molar-refractivity contribution in [3.05, 3.63) is 160 Å². The maximum Gasteiger partial charge on any atom is 0.296 e. The molecule has 0 aliphatic heterocycles. The van der Waals surface area contributed by atoms with Crippen LogP contribution in [-0.2, 0) is 36.9 Å². The molecule has 6 aromatic carbocycles. The number of benzene rings is 6.